The number of halogens is 1. The Morgan fingerprint density at radius 2 is 2.22 bits per heavy atom. The summed E-state index contributed by atoms with van der Waals surface area (Å²) in [5, 5.41) is 32.8. The fourth-order valence-electron chi connectivity index (χ4n) is 4.40. The zero-order valence-electron chi connectivity index (χ0n) is 20.5. The van der Waals surface area contributed by atoms with Crippen molar-refractivity contribution in [3.05, 3.63) is 51.3 Å². The fourth-order valence-corrected chi connectivity index (χ4v) is 6.80. The van der Waals surface area contributed by atoms with Gasteiger partial charge in [-0.1, -0.05) is 54.5 Å². The number of anilines is 1. The van der Waals surface area contributed by atoms with E-state index in [0.717, 1.165) is 29.3 Å². The molecule has 0 aliphatic heterocycles. The summed E-state index contributed by atoms with van der Waals surface area (Å²) in [5.74, 6) is 1.04. The fraction of sp³-hybridized carbons (Fsp3) is 0.385. The molecule has 1 atom stereocenters. The molecule has 1 amide bonds. The van der Waals surface area contributed by atoms with Crippen molar-refractivity contribution in [1.29, 1.82) is 5.26 Å². The maximum atomic E-state index is 12.9. The van der Waals surface area contributed by atoms with Gasteiger partial charge < -0.3 is 10.4 Å². The van der Waals surface area contributed by atoms with Crippen LogP contribution in [0.1, 0.15) is 43.2 Å². The molecule has 0 radical (unpaired) electrons. The second-order valence-electron chi connectivity index (χ2n) is 9.83. The number of carbonyl (C=O) groups excluding carboxylic acids is 1. The monoisotopic (exact) mass is 585 g/mol. The molecule has 4 rings (SSSR count). The molecule has 0 spiro atoms. The Kier molecular flexibility index (Phi) is 7.93. The van der Waals surface area contributed by atoms with Gasteiger partial charge in [-0.15, -0.1) is 28.1 Å². The van der Waals surface area contributed by atoms with Crippen molar-refractivity contribution in [3.8, 4) is 23.2 Å². The van der Waals surface area contributed by atoms with Gasteiger partial charge in [0.15, 0.2) is 11.0 Å². The minimum Gasteiger partial charge on any atom is -0.507 e. The maximum absolute atomic E-state index is 12.9. The predicted octanol–water partition coefficient (Wildman–Crippen LogP) is 6.41. The molecule has 0 saturated carbocycles. The Morgan fingerprint density at radius 1 is 1.44 bits per heavy atom. The molecule has 1 aliphatic carbocycles. The number of aromatic hydroxyl groups is 1. The highest BCUT2D eigenvalue weighted by Gasteiger charge is 2.32. The van der Waals surface area contributed by atoms with Crippen molar-refractivity contribution in [2.24, 2.45) is 11.3 Å². The van der Waals surface area contributed by atoms with Crippen molar-refractivity contribution < 1.29 is 9.90 Å². The summed E-state index contributed by atoms with van der Waals surface area (Å²) < 4.78 is 2.61. The molecular formula is C26H28BrN5O2S2. The molecule has 10 heteroatoms. The zero-order valence-corrected chi connectivity index (χ0v) is 23.7. The molecule has 36 heavy (non-hydrogen) atoms. The van der Waals surface area contributed by atoms with Crippen LogP contribution < -0.4 is 5.32 Å². The Labute approximate surface area is 227 Å². The molecule has 1 aliphatic rings. The van der Waals surface area contributed by atoms with E-state index < -0.39 is 0 Å². The Balaban J connectivity index is 1.49. The van der Waals surface area contributed by atoms with Crippen molar-refractivity contribution in [3.63, 3.8) is 0 Å². The van der Waals surface area contributed by atoms with E-state index in [-0.39, 0.29) is 22.8 Å². The van der Waals surface area contributed by atoms with Gasteiger partial charge in [-0.3, -0.25) is 9.36 Å². The predicted molar refractivity (Wildman–Crippen MR) is 148 cm³/mol. The number of amides is 1. The number of phenols is 1. The topological polar surface area (TPSA) is 104 Å². The van der Waals surface area contributed by atoms with E-state index in [0.29, 0.717) is 39.6 Å². The van der Waals surface area contributed by atoms with E-state index >= 15 is 0 Å². The van der Waals surface area contributed by atoms with E-state index in [2.05, 4.69) is 64.9 Å². The molecule has 7 nitrogen and oxygen atoms in total. The lowest BCUT2D eigenvalue weighted by molar-refractivity contribution is -0.113. The van der Waals surface area contributed by atoms with Crippen LogP contribution >= 0.6 is 39.0 Å². The molecule has 3 aromatic rings. The van der Waals surface area contributed by atoms with E-state index in [4.69, 9.17) is 0 Å². The first-order valence-corrected chi connectivity index (χ1v) is 14.2. The molecule has 2 aromatic heterocycles. The van der Waals surface area contributed by atoms with Gasteiger partial charge in [-0.05, 0) is 54.4 Å². The normalized spacial score (nSPS) is 15.2. The second-order valence-corrected chi connectivity index (χ2v) is 12.8. The quantitative estimate of drug-likeness (QED) is 0.245. The van der Waals surface area contributed by atoms with Crippen LogP contribution in [0.4, 0.5) is 5.00 Å². The highest BCUT2D eigenvalue weighted by Crippen LogP contribution is 2.44. The van der Waals surface area contributed by atoms with Crippen LogP contribution in [0.25, 0.3) is 11.4 Å². The van der Waals surface area contributed by atoms with E-state index in [9.17, 15) is 15.2 Å². The number of phenolic OH excluding ortho intramolecular Hbond substituents is 1. The number of allylic oxidation sites excluding steroid dienone is 1. The summed E-state index contributed by atoms with van der Waals surface area (Å²) in [6.45, 7) is 11.0. The van der Waals surface area contributed by atoms with Gasteiger partial charge in [0.2, 0.25) is 5.91 Å². The van der Waals surface area contributed by atoms with E-state index in [1.165, 1.54) is 28.0 Å². The van der Waals surface area contributed by atoms with Gasteiger partial charge in [0.25, 0.3) is 0 Å². The number of nitrogens with zero attached hydrogens (tertiary/aromatic N) is 4. The lowest BCUT2D eigenvalue weighted by Gasteiger charge is -2.33. The number of nitrogens with one attached hydrogen (secondary N) is 1. The first kappa shape index (κ1) is 26.5. The molecule has 0 fully saturated rings. The number of fused-ring (bicyclic) bond motifs is 1. The third-order valence-corrected chi connectivity index (χ3v) is 9.04. The molecule has 1 aromatic carbocycles. The lowest BCUT2D eigenvalue weighted by atomic mass is 9.72. The van der Waals surface area contributed by atoms with E-state index in [1.54, 1.807) is 24.3 Å². The van der Waals surface area contributed by atoms with Crippen LogP contribution in [-0.2, 0) is 24.2 Å². The summed E-state index contributed by atoms with van der Waals surface area (Å²) in [7, 11) is 0. The van der Waals surface area contributed by atoms with Crippen LogP contribution in [0.15, 0.2) is 40.5 Å². The average molecular weight is 587 g/mol. The lowest BCUT2D eigenvalue weighted by Crippen LogP contribution is -2.26. The highest BCUT2D eigenvalue weighted by atomic mass is 79.9. The number of thioether (sulfide) groups is 1. The number of carbonyl (C=O) groups is 1. The molecule has 2 N–H and O–H groups in total. The minimum atomic E-state index is -0.206. The largest absolute Gasteiger partial charge is 0.507 e. The van der Waals surface area contributed by atoms with Gasteiger partial charge in [-0.2, -0.15) is 5.26 Å². The third-order valence-electron chi connectivity index (χ3n) is 6.42. The maximum Gasteiger partial charge on any atom is 0.235 e. The van der Waals surface area contributed by atoms with Crippen LogP contribution in [0.2, 0.25) is 0 Å². The number of benzene rings is 1. The Bertz CT molecular complexity index is 1350. The SMILES string of the molecule is C=CCn1c(SCC(=O)Nc2sc3c(c2C#N)CC[C@@H](C(C)(C)C)C3)nnc1-c1cc(Br)ccc1O. The highest BCUT2D eigenvalue weighted by molar-refractivity contribution is 9.10. The summed E-state index contributed by atoms with van der Waals surface area (Å²) in [6, 6.07) is 7.42. The van der Waals surface area contributed by atoms with Crippen LogP contribution in [0, 0.1) is 22.7 Å². The number of hydrogen-bond acceptors (Lipinski definition) is 7. The molecule has 2 heterocycles. The third kappa shape index (κ3) is 5.53. The van der Waals surface area contributed by atoms with Gasteiger partial charge >= 0.3 is 0 Å². The molecular weight excluding hydrogens is 558 g/mol. The van der Waals surface area contributed by atoms with Crippen molar-refractivity contribution in [2.75, 3.05) is 11.1 Å². The number of hydrogen-bond donors (Lipinski definition) is 2. The summed E-state index contributed by atoms with van der Waals surface area (Å²) in [5.41, 5.74) is 2.44. The summed E-state index contributed by atoms with van der Waals surface area (Å²) in [6.07, 6.45) is 4.59. The van der Waals surface area contributed by atoms with Gasteiger partial charge in [0.05, 0.1) is 16.9 Å². The van der Waals surface area contributed by atoms with Crippen LogP contribution in [0.5, 0.6) is 5.75 Å². The molecule has 0 bridgehead atoms. The molecule has 188 valence electrons. The Hall–Kier alpha value is -2.61. The van der Waals surface area contributed by atoms with Crippen LogP contribution in [-0.4, -0.2) is 31.5 Å². The Morgan fingerprint density at radius 3 is 2.92 bits per heavy atom. The van der Waals surface area contributed by atoms with Crippen molar-refractivity contribution >= 4 is 49.9 Å². The zero-order chi connectivity index (χ0) is 26.0. The smallest absolute Gasteiger partial charge is 0.235 e. The standard InChI is InChI=1S/C26H28BrN5O2S2/c1-5-10-32-23(18-12-16(27)7-9-20(18)33)30-31-25(32)35-14-22(34)29-24-19(13-28)17-8-6-15(26(2,3)4)11-21(17)36-24/h5,7,9,12,15,33H,1,6,8,10-11,14H2,2-4H3,(H,29,34)/t15-/m1/s1. The number of aromatic nitrogens is 3. The second kappa shape index (κ2) is 10.8. The summed E-state index contributed by atoms with van der Waals surface area (Å²) >= 11 is 6.20. The minimum absolute atomic E-state index is 0.0876. The average Bonchev–Trinajstić information content (AvgIpc) is 3.38. The van der Waals surface area contributed by atoms with Gasteiger partial charge in [0.1, 0.15) is 16.8 Å². The van der Waals surface area contributed by atoms with Gasteiger partial charge in [-0.25, -0.2) is 0 Å². The number of rotatable bonds is 7. The van der Waals surface area contributed by atoms with Crippen molar-refractivity contribution in [1.82, 2.24) is 14.8 Å². The molecule has 0 unspecified atom stereocenters. The van der Waals surface area contributed by atoms with Crippen LogP contribution in [0.3, 0.4) is 0 Å². The number of nitriles is 1. The first-order valence-electron chi connectivity index (χ1n) is 11.6. The molecule has 0 saturated heterocycles. The summed E-state index contributed by atoms with van der Waals surface area (Å²) in [4.78, 5) is 14.1. The van der Waals surface area contributed by atoms with Crippen molar-refractivity contribution in [2.45, 2.75) is 51.7 Å². The number of thiophene rings is 1. The van der Waals surface area contributed by atoms with E-state index in [1.807, 2.05) is 4.57 Å². The first-order chi connectivity index (χ1) is 17.1. The van der Waals surface area contributed by atoms with Gasteiger partial charge in [0, 0.05) is 15.9 Å².